The normalized spacial score (nSPS) is 12.5. The summed E-state index contributed by atoms with van der Waals surface area (Å²) in [7, 11) is 0. The third-order valence-corrected chi connectivity index (χ3v) is 4.19. The molecule has 2 rings (SSSR count). The first-order valence-electron chi connectivity index (χ1n) is 5.65. The minimum absolute atomic E-state index is 0.286. The molecule has 0 fully saturated rings. The Morgan fingerprint density at radius 3 is 2.53 bits per heavy atom. The lowest BCUT2D eigenvalue weighted by atomic mass is 10.1. The summed E-state index contributed by atoms with van der Waals surface area (Å²) in [5.41, 5.74) is 3.76. The van der Waals surface area contributed by atoms with Gasteiger partial charge in [-0.1, -0.05) is 29.3 Å². The number of hydrogen-bond donors (Lipinski definition) is 1. The Labute approximate surface area is 111 Å². The fraction of sp³-hybridized carbons (Fsp3) is 0.286. The van der Waals surface area contributed by atoms with Gasteiger partial charge in [0.1, 0.15) is 0 Å². The summed E-state index contributed by atoms with van der Waals surface area (Å²) in [6, 6.07) is 10.8. The number of rotatable bonds is 3. The highest BCUT2D eigenvalue weighted by molar-refractivity contribution is 7.16. The number of anilines is 1. The van der Waals surface area contributed by atoms with Crippen molar-refractivity contribution in [2.75, 3.05) is 5.32 Å². The van der Waals surface area contributed by atoms with Gasteiger partial charge in [0.15, 0.2) is 0 Å². The minimum Gasteiger partial charge on any atom is -0.377 e. The molecule has 0 radical (unpaired) electrons. The van der Waals surface area contributed by atoms with E-state index in [1.54, 1.807) is 11.3 Å². The van der Waals surface area contributed by atoms with Gasteiger partial charge in [-0.25, -0.2) is 0 Å². The summed E-state index contributed by atoms with van der Waals surface area (Å²) in [6.45, 7) is 6.39. The summed E-state index contributed by atoms with van der Waals surface area (Å²) in [5, 5.41) is 3.52. The van der Waals surface area contributed by atoms with Gasteiger partial charge in [-0.15, -0.1) is 11.3 Å². The molecule has 0 aliphatic rings. The Hall–Kier alpha value is -0.990. The maximum atomic E-state index is 5.95. The van der Waals surface area contributed by atoms with E-state index in [2.05, 4.69) is 50.4 Å². The molecular weight excluding hydrogens is 250 g/mol. The molecule has 90 valence electrons. The molecule has 3 heteroatoms. The van der Waals surface area contributed by atoms with Gasteiger partial charge in [-0.2, -0.15) is 0 Å². The van der Waals surface area contributed by atoms with E-state index in [1.807, 2.05) is 6.07 Å². The van der Waals surface area contributed by atoms with Crippen LogP contribution < -0.4 is 5.32 Å². The highest BCUT2D eigenvalue weighted by Crippen LogP contribution is 2.29. The molecule has 0 saturated heterocycles. The fourth-order valence-corrected chi connectivity index (χ4v) is 2.90. The van der Waals surface area contributed by atoms with Crippen LogP contribution in [-0.4, -0.2) is 0 Å². The number of aryl methyl sites for hydroxylation is 2. The lowest BCUT2D eigenvalue weighted by Gasteiger charge is -2.16. The molecule has 1 aromatic heterocycles. The van der Waals surface area contributed by atoms with E-state index in [1.165, 1.54) is 21.7 Å². The van der Waals surface area contributed by atoms with Gasteiger partial charge in [0.2, 0.25) is 0 Å². The zero-order chi connectivity index (χ0) is 12.4. The van der Waals surface area contributed by atoms with Crippen molar-refractivity contribution >= 4 is 28.6 Å². The molecule has 1 nitrogen and oxygen atoms in total. The first kappa shape index (κ1) is 12.5. The van der Waals surface area contributed by atoms with Crippen LogP contribution in [0.15, 0.2) is 30.3 Å². The summed E-state index contributed by atoms with van der Waals surface area (Å²) in [5.74, 6) is 0. The first-order valence-corrected chi connectivity index (χ1v) is 6.85. The lowest BCUT2D eigenvalue weighted by Crippen LogP contribution is -2.06. The smallest absolute Gasteiger partial charge is 0.0932 e. The van der Waals surface area contributed by atoms with Gasteiger partial charge < -0.3 is 5.32 Å². The number of hydrogen-bond acceptors (Lipinski definition) is 2. The van der Waals surface area contributed by atoms with Crippen molar-refractivity contribution in [1.29, 1.82) is 0 Å². The molecule has 17 heavy (non-hydrogen) atoms. The Bertz CT molecular complexity index is 519. The quantitative estimate of drug-likeness (QED) is 0.805. The molecule has 1 aromatic carbocycles. The van der Waals surface area contributed by atoms with Crippen molar-refractivity contribution in [1.82, 2.24) is 0 Å². The molecule has 0 spiro atoms. The second kappa shape index (κ2) is 5.11. The highest BCUT2D eigenvalue weighted by atomic mass is 35.5. The number of thiophene rings is 1. The monoisotopic (exact) mass is 265 g/mol. The SMILES string of the molecule is Cc1ccc(NC(C)c2ccc(Cl)s2)c(C)c1. The molecule has 0 amide bonds. The number of halogens is 1. The van der Waals surface area contributed by atoms with Gasteiger partial charge in [-0.3, -0.25) is 0 Å². The molecule has 2 aromatic rings. The number of benzene rings is 1. The van der Waals surface area contributed by atoms with E-state index in [9.17, 15) is 0 Å². The van der Waals surface area contributed by atoms with Crippen LogP contribution >= 0.6 is 22.9 Å². The fourth-order valence-electron chi connectivity index (χ4n) is 1.84. The predicted octanol–water partition coefficient (Wildman–Crippen LogP) is 5.19. The Balaban J connectivity index is 2.15. The number of nitrogens with one attached hydrogen (secondary N) is 1. The van der Waals surface area contributed by atoms with E-state index in [4.69, 9.17) is 11.6 Å². The van der Waals surface area contributed by atoms with E-state index in [0.29, 0.717) is 0 Å². The van der Waals surface area contributed by atoms with Crippen LogP contribution in [0.25, 0.3) is 0 Å². The Kier molecular flexibility index (Phi) is 3.75. The van der Waals surface area contributed by atoms with Gasteiger partial charge >= 0.3 is 0 Å². The molecule has 1 atom stereocenters. The Morgan fingerprint density at radius 2 is 1.94 bits per heavy atom. The average molecular weight is 266 g/mol. The third kappa shape index (κ3) is 3.02. The molecule has 0 aliphatic carbocycles. The molecular formula is C14H16ClNS. The standard InChI is InChI=1S/C14H16ClNS/c1-9-4-5-12(10(2)8-9)16-11(3)13-6-7-14(15)17-13/h4-8,11,16H,1-3H3. The molecule has 0 bridgehead atoms. The van der Waals surface area contributed by atoms with Crippen LogP contribution in [0.2, 0.25) is 4.34 Å². The highest BCUT2D eigenvalue weighted by Gasteiger charge is 2.09. The van der Waals surface area contributed by atoms with Crippen molar-refractivity contribution in [3.63, 3.8) is 0 Å². The summed E-state index contributed by atoms with van der Waals surface area (Å²) in [6.07, 6.45) is 0. The molecule has 1 unspecified atom stereocenters. The van der Waals surface area contributed by atoms with Crippen LogP contribution in [0.1, 0.15) is 29.0 Å². The van der Waals surface area contributed by atoms with Crippen LogP contribution in [-0.2, 0) is 0 Å². The van der Waals surface area contributed by atoms with Crippen LogP contribution in [0, 0.1) is 13.8 Å². The van der Waals surface area contributed by atoms with Gasteiger partial charge in [0.25, 0.3) is 0 Å². The molecule has 0 saturated carbocycles. The zero-order valence-corrected chi connectivity index (χ0v) is 11.8. The summed E-state index contributed by atoms with van der Waals surface area (Å²) >= 11 is 7.58. The lowest BCUT2D eigenvalue weighted by molar-refractivity contribution is 0.905. The molecule has 1 heterocycles. The summed E-state index contributed by atoms with van der Waals surface area (Å²) in [4.78, 5) is 1.26. The maximum Gasteiger partial charge on any atom is 0.0932 e. The zero-order valence-electron chi connectivity index (χ0n) is 10.3. The Morgan fingerprint density at radius 1 is 1.18 bits per heavy atom. The maximum absolute atomic E-state index is 5.95. The largest absolute Gasteiger partial charge is 0.377 e. The molecule has 0 aliphatic heterocycles. The summed E-state index contributed by atoms with van der Waals surface area (Å²) < 4.78 is 0.842. The first-order chi connectivity index (χ1) is 8.06. The predicted molar refractivity (Wildman–Crippen MR) is 77.3 cm³/mol. The van der Waals surface area contributed by atoms with E-state index >= 15 is 0 Å². The van der Waals surface area contributed by atoms with Crippen molar-refractivity contribution < 1.29 is 0 Å². The van der Waals surface area contributed by atoms with E-state index < -0.39 is 0 Å². The van der Waals surface area contributed by atoms with Crippen molar-refractivity contribution in [2.45, 2.75) is 26.8 Å². The third-order valence-electron chi connectivity index (χ3n) is 2.77. The van der Waals surface area contributed by atoms with E-state index in [-0.39, 0.29) is 6.04 Å². The second-order valence-electron chi connectivity index (χ2n) is 4.33. The topological polar surface area (TPSA) is 12.0 Å². The van der Waals surface area contributed by atoms with Crippen molar-refractivity contribution in [3.05, 3.63) is 50.7 Å². The van der Waals surface area contributed by atoms with Crippen molar-refractivity contribution in [2.24, 2.45) is 0 Å². The minimum atomic E-state index is 0.286. The van der Waals surface area contributed by atoms with Gasteiger partial charge in [-0.05, 0) is 44.5 Å². The van der Waals surface area contributed by atoms with Crippen LogP contribution in [0.5, 0.6) is 0 Å². The van der Waals surface area contributed by atoms with Gasteiger partial charge in [0.05, 0.1) is 10.4 Å². The van der Waals surface area contributed by atoms with Crippen LogP contribution in [0.3, 0.4) is 0 Å². The van der Waals surface area contributed by atoms with Gasteiger partial charge in [0, 0.05) is 10.6 Å². The van der Waals surface area contributed by atoms with Crippen LogP contribution in [0.4, 0.5) is 5.69 Å². The average Bonchev–Trinajstić information content (AvgIpc) is 2.69. The molecule has 1 N–H and O–H groups in total. The van der Waals surface area contributed by atoms with E-state index in [0.717, 1.165) is 4.34 Å². The van der Waals surface area contributed by atoms with Crippen molar-refractivity contribution in [3.8, 4) is 0 Å². The second-order valence-corrected chi connectivity index (χ2v) is 6.07.